The van der Waals surface area contributed by atoms with E-state index in [1.54, 1.807) is 11.3 Å². The first-order valence-electron chi connectivity index (χ1n) is 6.36. The van der Waals surface area contributed by atoms with Gasteiger partial charge in [-0.2, -0.15) is 11.8 Å². The van der Waals surface area contributed by atoms with Crippen LogP contribution in [0.3, 0.4) is 0 Å². The third-order valence-electron chi connectivity index (χ3n) is 3.55. The Balaban J connectivity index is 1.74. The highest BCUT2D eigenvalue weighted by molar-refractivity contribution is 9.09. The number of likely N-dealkylation sites (tertiary alicyclic amines) is 1. The zero-order valence-electron chi connectivity index (χ0n) is 10.2. The summed E-state index contributed by atoms with van der Waals surface area (Å²) in [6.45, 7) is 1.79. The van der Waals surface area contributed by atoms with E-state index in [0.29, 0.717) is 4.83 Å². The second-order valence-electron chi connectivity index (χ2n) is 4.83. The third-order valence-corrected chi connectivity index (χ3v) is 6.70. The van der Waals surface area contributed by atoms with Crippen LogP contribution in [0.2, 0.25) is 0 Å². The van der Waals surface area contributed by atoms with E-state index in [-0.39, 0.29) is 5.91 Å². The molecule has 0 aliphatic carbocycles. The van der Waals surface area contributed by atoms with Gasteiger partial charge in [0.15, 0.2) is 0 Å². The monoisotopic (exact) mass is 345 g/mol. The van der Waals surface area contributed by atoms with Crippen molar-refractivity contribution in [3.63, 3.8) is 0 Å². The van der Waals surface area contributed by atoms with Crippen LogP contribution < -0.4 is 0 Å². The first kappa shape index (κ1) is 13.0. The zero-order chi connectivity index (χ0) is 12.5. The molecule has 0 saturated carbocycles. The Hall–Kier alpha value is -0.000000000000000167. The SMILES string of the molecule is O=C(c1cc2c(s1)CCSC2)N1CCC(Br)CC1. The summed E-state index contributed by atoms with van der Waals surface area (Å²) < 4.78 is 0. The maximum atomic E-state index is 12.4. The van der Waals surface area contributed by atoms with E-state index in [9.17, 15) is 4.79 Å². The molecule has 1 saturated heterocycles. The molecule has 18 heavy (non-hydrogen) atoms. The van der Waals surface area contributed by atoms with Crippen molar-refractivity contribution in [1.29, 1.82) is 0 Å². The molecule has 2 aliphatic heterocycles. The number of alkyl halides is 1. The predicted octanol–water partition coefficient (Wildman–Crippen LogP) is 3.54. The zero-order valence-corrected chi connectivity index (χ0v) is 13.4. The van der Waals surface area contributed by atoms with E-state index < -0.39 is 0 Å². The molecule has 3 heterocycles. The summed E-state index contributed by atoms with van der Waals surface area (Å²) in [6, 6.07) is 2.13. The minimum atomic E-state index is 0.249. The average Bonchev–Trinajstić information content (AvgIpc) is 2.82. The van der Waals surface area contributed by atoms with Gasteiger partial charge < -0.3 is 4.90 Å². The van der Waals surface area contributed by atoms with Crippen molar-refractivity contribution in [2.75, 3.05) is 18.8 Å². The third kappa shape index (κ3) is 2.63. The number of piperidine rings is 1. The van der Waals surface area contributed by atoms with Gasteiger partial charge in [0.25, 0.3) is 5.91 Å². The second kappa shape index (κ2) is 5.55. The summed E-state index contributed by atoms with van der Waals surface area (Å²) in [4.78, 5) is 17.4. The fraction of sp³-hybridized carbons (Fsp3) is 0.615. The topological polar surface area (TPSA) is 20.3 Å². The molecule has 0 N–H and O–H groups in total. The van der Waals surface area contributed by atoms with Gasteiger partial charge in [0.05, 0.1) is 4.88 Å². The summed E-state index contributed by atoms with van der Waals surface area (Å²) in [7, 11) is 0. The summed E-state index contributed by atoms with van der Waals surface area (Å²) >= 11 is 7.33. The number of hydrogen-bond donors (Lipinski definition) is 0. The maximum absolute atomic E-state index is 12.4. The lowest BCUT2D eigenvalue weighted by Crippen LogP contribution is -2.38. The molecule has 0 bridgehead atoms. The number of amides is 1. The number of rotatable bonds is 1. The van der Waals surface area contributed by atoms with Gasteiger partial charge in [0.2, 0.25) is 0 Å². The molecule has 1 aromatic rings. The van der Waals surface area contributed by atoms with Gasteiger partial charge in [0.1, 0.15) is 0 Å². The quantitative estimate of drug-likeness (QED) is 0.725. The number of hydrogen-bond acceptors (Lipinski definition) is 3. The van der Waals surface area contributed by atoms with Gasteiger partial charge in [0, 0.05) is 28.5 Å². The van der Waals surface area contributed by atoms with E-state index in [4.69, 9.17) is 0 Å². The molecule has 98 valence electrons. The Morgan fingerprint density at radius 1 is 1.39 bits per heavy atom. The maximum Gasteiger partial charge on any atom is 0.263 e. The van der Waals surface area contributed by atoms with Crippen LogP contribution >= 0.6 is 39.0 Å². The molecule has 0 radical (unpaired) electrons. The lowest BCUT2D eigenvalue weighted by atomic mass is 10.1. The van der Waals surface area contributed by atoms with E-state index in [1.165, 1.54) is 16.2 Å². The molecular formula is C13H16BrNOS2. The van der Waals surface area contributed by atoms with Gasteiger partial charge in [-0.25, -0.2) is 0 Å². The summed E-state index contributed by atoms with van der Waals surface area (Å²) in [5.41, 5.74) is 1.40. The molecule has 1 amide bonds. The number of halogens is 1. The highest BCUT2D eigenvalue weighted by atomic mass is 79.9. The van der Waals surface area contributed by atoms with Crippen LogP contribution in [-0.2, 0) is 12.2 Å². The number of nitrogens with zero attached hydrogens (tertiary/aromatic N) is 1. The Morgan fingerprint density at radius 3 is 2.89 bits per heavy atom. The largest absolute Gasteiger partial charge is 0.338 e. The number of fused-ring (bicyclic) bond motifs is 1. The van der Waals surface area contributed by atoms with Crippen molar-refractivity contribution >= 4 is 44.9 Å². The Kier molecular flexibility index (Phi) is 4.01. The van der Waals surface area contributed by atoms with Crippen molar-refractivity contribution in [3.05, 3.63) is 21.4 Å². The fourth-order valence-electron chi connectivity index (χ4n) is 2.46. The van der Waals surface area contributed by atoms with Crippen LogP contribution in [0.25, 0.3) is 0 Å². The molecule has 3 rings (SSSR count). The van der Waals surface area contributed by atoms with Crippen LogP contribution in [0.15, 0.2) is 6.07 Å². The first-order valence-corrected chi connectivity index (χ1v) is 9.25. The molecule has 0 spiro atoms. The lowest BCUT2D eigenvalue weighted by Gasteiger charge is -2.29. The van der Waals surface area contributed by atoms with Crippen molar-refractivity contribution in [1.82, 2.24) is 4.90 Å². The standard InChI is InChI=1S/C13H16BrNOS2/c14-10-1-4-15(5-2-10)13(16)12-7-9-8-17-6-3-11(9)18-12/h7,10H,1-6,8H2. The normalized spacial score (nSPS) is 20.8. The van der Waals surface area contributed by atoms with E-state index in [0.717, 1.165) is 43.0 Å². The molecule has 1 fully saturated rings. The molecule has 0 unspecified atom stereocenters. The molecule has 2 nitrogen and oxygen atoms in total. The minimum absolute atomic E-state index is 0.249. The highest BCUT2D eigenvalue weighted by Gasteiger charge is 2.25. The minimum Gasteiger partial charge on any atom is -0.338 e. The van der Waals surface area contributed by atoms with Crippen LogP contribution in [0.4, 0.5) is 0 Å². The first-order chi connectivity index (χ1) is 8.74. The Labute approximate surface area is 124 Å². The van der Waals surface area contributed by atoms with E-state index in [1.807, 2.05) is 16.7 Å². The summed E-state index contributed by atoms with van der Waals surface area (Å²) in [5.74, 6) is 2.54. The molecule has 0 aromatic carbocycles. The number of aryl methyl sites for hydroxylation is 1. The smallest absolute Gasteiger partial charge is 0.263 e. The second-order valence-corrected chi connectivity index (χ2v) is 8.37. The van der Waals surface area contributed by atoms with Crippen LogP contribution in [0.5, 0.6) is 0 Å². The van der Waals surface area contributed by atoms with Crippen LogP contribution in [0, 0.1) is 0 Å². The Bertz CT molecular complexity index is 428. The average molecular weight is 346 g/mol. The predicted molar refractivity (Wildman–Crippen MR) is 82.0 cm³/mol. The molecule has 5 heteroatoms. The molecule has 2 aliphatic rings. The van der Waals surface area contributed by atoms with Gasteiger partial charge in [-0.3, -0.25) is 4.79 Å². The molecular weight excluding hydrogens is 330 g/mol. The van der Waals surface area contributed by atoms with Gasteiger partial charge in [-0.1, -0.05) is 15.9 Å². The number of thioether (sulfide) groups is 1. The van der Waals surface area contributed by atoms with Crippen molar-refractivity contribution in [2.45, 2.75) is 29.8 Å². The van der Waals surface area contributed by atoms with Gasteiger partial charge in [-0.15, -0.1) is 11.3 Å². The van der Waals surface area contributed by atoms with Gasteiger partial charge >= 0.3 is 0 Å². The van der Waals surface area contributed by atoms with E-state index >= 15 is 0 Å². The Morgan fingerprint density at radius 2 is 2.17 bits per heavy atom. The number of carbonyl (C=O) groups excluding carboxylic acids is 1. The lowest BCUT2D eigenvalue weighted by molar-refractivity contribution is 0.0733. The molecule has 1 aromatic heterocycles. The van der Waals surface area contributed by atoms with Gasteiger partial charge in [-0.05, 0) is 36.6 Å². The van der Waals surface area contributed by atoms with Crippen molar-refractivity contribution in [2.24, 2.45) is 0 Å². The van der Waals surface area contributed by atoms with Crippen LogP contribution in [0.1, 0.15) is 33.0 Å². The highest BCUT2D eigenvalue weighted by Crippen LogP contribution is 2.32. The molecule has 0 atom stereocenters. The summed E-state index contributed by atoms with van der Waals surface area (Å²) in [6.07, 6.45) is 3.29. The van der Waals surface area contributed by atoms with Crippen molar-refractivity contribution in [3.8, 4) is 0 Å². The number of thiophene rings is 1. The fourth-order valence-corrected chi connectivity index (χ4v) is 5.21. The number of carbonyl (C=O) groups is 1. The van der Waals surface area contributed by atoms with Crippen LogP contribution in [-0.4, -0.2) is 34.5 Å². The summed E-state index contributed by atoms with van der Waals surface area (Å²) in [5, 5.41) is 0. The van der Waals surface area contributed by atoms with Crippen molar-refractivity contribution < 1.29 is 4.79 Å². The van der Waals surface area contributed by atoms with E-state index in [2.05, 4.69) is 22.0 Å².